The fourth-order valence-electron chi connectivity index (χ4n) is 3.08. The van der Waals surface area contributed by atoms with E-state index in [1.54, 1.807) is 6.92 Å². The number of carbonyl (C=O) groups excluding carboxylic acids is 1. The number of aromatic nitrogens is 2. The minimum atomic E-state index is -1.37. The Morgan fingerprint density at radius 1 is 1.40 bits per heavy atom. The second-order valence-electron chi connectivity index (χ2n) is 6.72. The number of anilines is 1. The van der Waals surface area contributed by atoms with Crippen LogP contribution in [-0.4, -0.2) is 45.3 Å². The largest absolute Gasteiger partial charge is 0.403 e. The van der Waals surface area contributed by atoms with E-state index in [0.717, 1.165) is 0 Å². The van der Waals surface area contributed by atoms with Crippen LogP contribution < -0.4 is 5.32 Å². The lowest BCUT2D eigenvalue weighted by atomic mass is 10.1. The zero-order valence-electron chi connectivity index (χ0n) is 14.3. The summed E-state index contributed by atoms with van der Waals surface area (Å²) in [6.45, 7) is 5.06. The average Bonchev–Trinajstić information content (AvgIpc) is 3.11. The van der Waals surface area contributed by atoms with Gasteiger partial charge >= 0.3 is 6.01 Å². The van der Waals surface area contributed by atoms with Gasteiger partial charge in [0.25, 0.3) is 0 Å². The van der Waals surface area contributed by atoms with Gasteiger partial charge < -0.3 is 14.6 Å². The fraction of sp³-hybridized carbons (Fsp3) is 0.471. The van der Waals surface area contributed by atoms with Crippen LogP contribution in [0.1, 0.15) is 27.2 Å². The highest BCUT2D eigenvalue weighted by molar-refractivity contribution is 5.84. The number of hydrogen-bond acceptors (Lipinski definition) is 5. The molecule has 3 rings (SSSR count). The third-order valence-corrected chi connectivity index (χ3v) is 4.26. The van der Waals surface area contributed by atoms with E-state index in [4.69, 9.17) is 4.42 Å². The fourth-order valence-corrected chi connectivity index (χ4v) is 3.08. The molecular formula is C17H20F2N4O2. The molecule has 6 nitrogen and oxygen atoms in total. The normalized spacial score (nSPS) is 24.4. The van der Waals surface area contributed by atoms with E-state index in [1.165, 1.54) is 36.1 Å². The van der Waals surface area contributed by atoms with Crippen LogP contribution >= 0.6 is 0 Å². The molecule has 0 spiro atoms. The van der Waals surface area contributed by atoms with Crippen molar-refractivity contribution in [1.29, 1.82) is 0 Å². The molecule has 0 radical (unpaired) electrons. The second-order valence-corrected chi connectivity index (χ2v) is 6.72. The molecule has 134 valence electrons. The Labute approximate surface area is 144 Å². The number of nitrogens with zero attached hydrogens (tertiary/aromatic N) is 3. The van der Waals surface area contributed by atoms with Crippen molar-refractivity contribution < 1.29 is 18.0 Å². The maximum absolute atomic E-state index is 14.1. The van der Waals surface area contributed by atoms with Crippen molar-refractivity contribution in [3.05, 3.63) is 30.1 Å². The van der Waals surface area contributed by atoms with Crippen molar-refractivity contribution in [1.82, 2.24) is 15.1 Å². The Hall–Kier alpha value is -2.51. The molecular weight excluding hydrogens is 330 g/mol. The Morgan fingerprint density at radius 3 is 2.68 bits per heavy atom. The van der Waals surface area contributed by atoms with Gasteiger partial charge in [-0.1, -0.05) is 5.10 Å². The molecule has 2 aromatic rings. The lowest BCUT2D eigenvalue weighted by molar-refractivity contribution is -0.132. The summed E-state index contributed by atoms with van der Waals surface area (Å²) in [6, 6.07) is 4.91. The first-order valence-corrected chi connectivity index (χ1v) is 8.10. The molecule has 1 aromatic carbocycles. The van der Waals surface area contributed by atoms with Crippen LogP contribution in [0.2, 0.25) is 0 Å². The monoisotopic (exact) mass is 350 g/mol. The first kappa shape index (κ1) is 17.3. The van der Waals surface area contributed by atoms with Crippen molar-refractivity contribution in [3.8, 4) is 11.5 Å². The highest BCUT2D eigenvalue weighted by Gasteiger charge is 2.42. The van der Waals surface area contributed by atoms with E-state index in [-0.39, 0.29) is 36.2 Å². The molecule has 0 aliphatic carbocycles. The second kappa shape index (κ2) is 6.42. The molecule has 8 heteroatoms. The zero-order chi connectivity index (χ0) is 18.2. The van der Waals surface area contributed by atoms with E-state index >= 15 is 0 Å². The number of alkyl halides is 1. The van der Waals surface area contributed by atoms with E-state index in [0.29, 0.717) is 12.0 Å². The van der Waals surface area contributed by atoms with Gasteiger partial charge in [0.15, 0.2) is 0 Å². The summed E-state index contributed by atoms with van der Waals surface area (Å²) in [5, 5.41) is 10.6. The zero-order valence-corrected chi connectivity index (χ0v) is 14.3. The Kier molecular flexibility index (Phi) is 4.45. The van der Waals surface area contributed by atoms with Gasteiger partial charge in [-0.2, -0.15) is 0 Å². The quantitative estimate of drug-likeness (QED) is 0.918. The van der Waals surface area contributed by atoms with E-state index in [2.05, 4.69) is 15.5 Å². The maximum Gasteiger partial charge on any atom is 0.316 e. The Morgan fingerprint density at radius 2 is 2.08 bits per heavy atom. The van der Waals surface area contributed by atoms with Crippen molar-refractivity contribution in [2.24, 2.45) is 0 Å². The molecule has 0 unspecified atom stereocenters. The van der Waals surface area contributed by atoms with Crippen LogP contribution in [0, 0.1) is 5.82 Å². The summed E-state index contributed by atoms with van der Waals surface area (Å²) in [5.74, 6) is -0.371. The molecule has 0 saturated carbocycles. The van der Waals surface area contributed by atoms with Gasteiger partial charge in [0.1, 0.15) is 17.5 Å². The topological polar surface area (TPSA) is 71.3 Å². The van der Waals surface area contributed by atoms with Crippen LogP contribution in [0.3, 0.4) is 0 Å². The lowest BCUT2D eigenvalue weighted by Crippen LogP contribution is -2.44. The molecule has 1 aliphatic heterocycles. The van der Waals surface area contributed by atoms with Crippen LogP contribution in [-0.2, 0) is 4.79 Å². The summed E-state index contributed by atoms with van der Waals surface area (Å²) < 4.78 is 32.5. The lowest BCUT2D eigenvalue weighted by Gasteiger charge is -2.25. The average molecular weight is 350 g/mol. The van der Waals surface area contributed by atoms with Crippen molar-refractivity contribution >= 4 is 11.9 Å². The number of benzene rings is 1. The number of rotatable bonds is 4. The van der Waals surface area contributed by atoms with E-state index in [1.807, 2.05) is 6.92 Å². The summed E-state index contributed by atoms with van der Waals surface area (Å²) >= 11 is 0. The Bertz CT molecular complexity index is 760. The molecule has 1 aromatic heterocycles. The van der Waals surface area contributed by atoms with Gasteiger partial charge in [0.2, 0.25) is 11.8 Å². The molecule has 1 amide bonds. The molecule has 1 aliphatic rings. The number of halogens is 2. The highest BCUT2D eigenvalue weighted by atomic mass is 19.1. The number of nitrogens with one attached hydrogen (secondary N) is 1. The first-order chi connectivity index (χ1) is 11.7. The van der Waals surface area contributed by atoms with Gasteiger partial charge in [-0.15, -0.1) is 5.10 Å². The summed E-state index contributed by atoms with van der Waals surface area (Å²) in [6.07, 6.45) is 0.320. The van der Waals surface area contributed by atoms with Crippen LogP contribution in [0.4, 0.5) is 14.8 Å². The molecule has 2 heterocycles. The van der Waals surface area contributed by atoms with Gasteiger partial charge in [-0.3, -0.25) is 4.79 Å². The van der Waals surface area contributed by atoms with Gasteiger partial charge in [-0.25, -0.2) is 8.78 Å². The molecule has 3 atom stereocenters. The van der Waals surface area contributed by atoms with Crippen molar-refractivity contribution in [2.45, 2.75) is 44.9 Å². The SMILES string of the molecule is C[C@@H](Nc1nnc(-c2ccc(F)cc2)o1)C(=O)N1C[C@@](C)(F)C[C@@H]1C. The third kappa shape index (κ3) is 3.78. The molecule has 1 saturated heterocycles. The predicted octanol–water partition coefficient (Wildman–Crippen LogP) is 3.03. The number of likely N-dealkylation sites (tertiary alicyclic amines) is 1. The van der Waals surface area contributed by atoms with Crippen LogP contribution in [0.15, 0.2) is 28.7 Å². The smallest absolute Gasteiger partial charge is 0.316 e. The third-order valence-electron chi connectivity index (χ3n) is 4.26. The Balaban J connectivity index is 1.66. The molecule has 0 bridgehead atoms. The summed E-state index contributed by atoms with van der Waals surface area (Å²) in [7, 11) is 0. The predicted molar refractivity (Wildman–Crippen MR) is 88.1 cm³/mol. The first-order valence-electron chi connectivity index (χ1n) is 8.10. The van der Waals surface area contributed by atoms with Gasteiger partial charge in [0.05, 0.1) is 6.54 Å². The summed E-state index contributed by atoms with van der Waals surface area (Å²) in [4.78, 5) is 14.1. The molecule has 1 N–H and O–H groups in total. The molecule has 25 heavy (non-hydrogen) atoms. The maximum atomic E-state index is 14.1. The van der Waals surface area contributed by atoms with Crippen molar-refractivity contribution in [3.63, 3.8) is 0 Å². The van der Waals surface area contributed by atoms with Gasteiger partial charge in [-0.05, 0) is 45.0 Å². The van der Waals surface area contributed by atoms with Crippen LogP contribution in [0.25, 0.3) is 11.5 Å². The standard InChI is InChI=1S/C17H20F2N4O2/c1-10-8-17(3,19)9-23(10)15(24)11(2)20-16-22-21-14(25-16)12-4-6-13(18)7-5-12/h4-7,10-11H,8-9H2,1-3H3,(H,20,22)/t10-,11+,17-/m0/s1. The van der Waals surface area contributed by atoms with Crippen LogP contribution in [0.5, 0.6) is 0 Å². The number of hydrogen-bond donors (Lipinski definition) is 1. The highest BCUT2D eigenvalue weighted by Crippen LogP contribution is 2.30. The van der Waals surface area contributed by atoms with E-state index < -0.39 is 11.7 Å². The minimum absolute atomic E-state index is 0.0731. The number of carbonyl (C=O) groups is 1. The van der Waals surface area contributed by atoms with Crippen molar-refractivity contribution in [2.75, 3.05) is 11.9 Å². The number of amides is 1. The van der Waals surface area contributed by atoms with E-state index in [9.17, 15) is 13.6 Å². The summed E-state index contributed by atoms with van der Waals surface area (Å²) in [5.41, 5.74) is -0.794. The van der Waals surface area contributed by atoms with Gasteiger partial charge in [0, 0.05) is 18.0 Å². The molecule has 1 fully saturated rings. The minimum Gasteiger partial charge on any atom is -0.403 e.